The van der Waals surface area contributed by atoms with Gasteiger partial charge in [0, 0.05) is 0 Å². The number of hydrogen-bond donors (Lipinski definition) is 3. The van der Waals surface area contributed by atoms with Crippen LogP contribution in [0.4, 0.5) is 5.13 Å². The van der Waals surface area contributed by atoms with Crippen LogP contribution in [0.2, 0.25) is 0 Å². The molecule has 0 saturated carbocycles. The lowest BCUT2D eigenvalue weighted by Crippen LogP contribution is -2.40. The molecular formula is C9H10N4O3S. The number of carbonyl (C=O) groups excluding carboxylic acids is 3. The molecule has 1 aromatic heterocycles. The number of nitrogen functional groups attached to an aromatic ring is 1. The lowest BCUT2D eigenvalue weighted by Gasteiger charge is -2.07. The van der Waals surface area contributed by atoms with Crippen LogP contribution in [0, 0.1) is 6.92 Å². The molecule has 0 radical (unpaired) electrons. The number of amides is 3. The molecule has 1 aliphatic heterocycles. The fourth-order valence-corrected chi connectivity index (χ4v) is 2.26. The minimum atomic E-state index is -0.808. The standard InChI is InChI=1S/C9H10N4O3S/c1-3-6(17-9(10)11-3)8(16)12-4-2-5(14)13-7(4)15/h4H,2H2,1H3,(H2,10,11)(H,12,16)(H,13,14,15). The van der Waals surface area contributed by atoms with E-state index in [9.17, 15) is 14.4 Å². The molecule has 1 aliphatic rings. The van der Waals surface area contributed by atoms with Crippen LogP contribution in [-0.2, 0) is 9.59 Å². The zero-order chi connectivity index (χ0) is 12.6. The number of aryl methyl sites for hydroxylation is 1. The summed E-state index contributed by atoms with van der Waals surface area (Å²) in [7, 11) is 0. The van der Waals surface area contributed by atoms with Crippen molar-refractivity contribution in [2.24, 2.45) is 0 Å². The normalized spacial score (nSPS) is 19.2. The topological polar surface area (TPSA) is 114 Å². The van der Waals surface area contributed by atoms with Crippen LogP contribution in [0.5, 0.6) is 0 Å². The van der Waals surface area contributed by atoms with E-state index in [1.54, 1.807) is 6.92 Å². The molecule has 17 heavy (non-hydrogen) atoms. The number of nitrogens with one attached hydrogen (secondary N) is 2. The Morgan fingerprint density at radius 3 is 2.76 bits per heavy atom. The van der Waals surface area contributed by atoms with E-state index in [2.05, 4.69) is 15.6 Å². The fraction of sp³-hybridized carbons (Fsp3) is 0.333. The van der Waals surface area contributed by atoms with E-state index < -0.39 is 17.9 Å². The van der Waals surface area contributed by atoms with Gasteiger partial charge in [-0.1, -0.05) is 11.3 Å². The third-order valence-corrected chi connectivity index (χ3v) is 3.28. The van der Waals surface area contributed by atoms with Gasteiger partial charge in [-0.05, 0) is 6.92 Å². The number of carbonyl (C=O) groups is 3. The van der Waals surface area contributed by atoms with E-state index in [1.165, 1.54) is 0 Å². The molecule has 1 unspecified atom stereocenters. The first kappa shape index (κ1) is 11.5. The summed E-state index contributed by atoms with van der Waals surface area (Å²) in [5.41, 5.74) is 5.98. The molecule has 1 atom stereocenters. The van der Waals surface area contributed by atoms with Crippen molar-refractivity contribution in [3.05, 3.63) is 10.6 Å². The lowest BCUT2D eigenvalue weighted by atomic mass is 10.2. The minimum Gasteiger partial charge on any atom is -0.375 e. The van der Waals surface area contributed by atoms with E-state index >= 15 is 0 Å². The Balaban J connectivity index is 2.10. The van der Waals surface area contributed by atoms with Gasteiger partial charge in [0.2, 0.25) is 11.8 Å². The monoisotopic (exact) mass is 254 g/mol. The van der Waals surface area contributed by atoms with Crippen molar-refractivity contribution in [3.8, 4) is 0 Å². The van der Waals surface area contributed by atoms with Crippen molar-refractivity contribution in [2.75, 3.05) is 5.73 Å². The van der Waals surface area contributed by atoms with Gasteiger partial charge in [-0.3, -0.25) is 19.7 Å². The second kappa shape index (κ2) is 4.13. The Hall–Kier alpha value is -1.96. The Morgan fingerprint density at radius 1 is 1.59 bits per heavy atom. The maximum absolute atomic E-state index is 11.8. The zero-order valence-corrected chi connectivity index (χ0v) is 9.76. The average Bonchev–Trinajstić information content (AvgIpc) is 2.70. The molecule has 0 spiro atoms. The van der Waals surface area contributed by atoms with Gasteiger partial charge in [0.1, 0.15) is 10.9 Å². The van der Waals surface area contributed by atoms with Gasteiger partial charge in [-0.15, -0.1) is 0 Å². The van der Waals surface area contributed by atoms with Crippen LogP contribution in [0.25, 0.3) is 0 Å². The number of anilines is 1. The van der Waals surface area contributed by atoms with E-state index in [0.29, 0.717) is 15.7 Å². The number of aromatic nitrogens is 1. The summed E-state index contributed by atoms with van der Waals surface area (Å²) in [4.78, 5) is 38.3. The Labute approximate surface area is 100 Å². The largest absolute Gasteiger partial charge is 0.375 e. The molecule has 1 saturated heterocycles. The van der Waals surface area contributed by atoms with Gasteiger partial charge in [-0.25, -0.2) is 4.98 Å². The van der Waals surface area contributed by atoms with Crippen LogP contribution in [0.1, 0.15) is 21.8 Å². The predicted molar refractivity (Wildman–Crippen MR) is 60.3 cm³/mol. The summed E-state index contributed by atoms with van der Waals surface area (Å²) in [5, 5.41) is 4.88. The van der Waals surface area contributed by atoms with Crippen LogP contribution in [0.15, 0.2) is 0 Å². The maximum atomic E-state index is 11.8. The van der Waals surface area contributed by atoms with Gasteiger partial charge in [0.15, 0.2) is 5.13 Å². The predicted octanol–water partition coefficient (Wildman–Crippen LogP) is -0.821. The molecule has 0 bridgehead atoms. The first-order valence-corrected chi connectivity index (χ1v) is 5.66. The molecule has 0 aromatic carbocycles. The molecule has 4 N–H and O–H groups in total. The highest BCUT2D eigenvalue weighted by atomic mass is 32.1. The number of nitrogens with two attached hydrogens (primary N) is 1. The van der Waals surface area contributed by atoms with Gasteiger partial charge < -0.3 is 11.1 Å². The zero-order valence-electron chi connectivity index (χ0n) is 8.94. The number of rotatable bonds is 2. The molecule has 7 nitrogen and oxygen atoms in total. The number of imide groups is 1. The van der Waals surface area contributed by atoms with Crippen LogP contribution in [0.3, 0.4) is 0 Å². The van der Waals surface area contributed by atoms with Gasteiger partial charge in [0.25, 0.3) is 5.91 Å². The van der Waals surface area contributed by atoms with Gasteiger partial charge >= 0.3 is 0 Å². The number of hydrogen-bond acceptors (Lipinski definition) is 6. The number of thiazole rings is 1. The van der Waals surface area contributed by atoms with E-state index in [0.717, 1.165) is 11.3 Å². The van der Waals surface area contributed by atoms with E-state index in [1.807, 2.05) is 0 Å². The molecule has 2 heterocycles. The quantitative estimate of drug-likeness (QED) is 0.596. The van der Waals surface area contributed by atoms with Crippen molar-refractivity contribution in [1.29, 1.82) is 0 Å². The van der Waals surface area contributed by atoms with Crippen LogP contribution < -0.4 is 16.4 Å². The Morgan fingerprint density at radius 2 is 2.29 bits per heavy atom. The molecule has 2 rings (SSSR count). The Kier molecular flexibility index (Phi) is 2.80. The van der Waals surface area contributed by atoms with Gasteiger partial charge in [-0.2, -0.15) is 0 Å². The molecule has 0 aliphatic carbocycles. The number of nitrogens with zero attached hydrogens (tertiary/aromatic N) is 1. The molecule has 8 heteroatoms. The fourth-order valence-electron chi connectivity index (χ4n) is 1.52. The highest BCUT2D eigenvalue weighted by Gasteiger charge is 2.32. The highest BCUT2D eigenvalue weighted by molar-refractivity contribution is 7.17. The molecule has 1 fully saturated rings. The summed E-state index contributed by atoms with van der Waals surface area (Å²) in [6.45, 7) is 1.65. The lowest BCUT2D eigenvalue weighted by molar-refractivity contribution is -0.125. The third-order valence-electron chi connectivity index (χ3n) is 2.29. The third kappa shape index (κ3) is 2.26. The molecule has 1 aromatic rings. The first-order valence-electron chi connectivity index (χ1n) is 4.85. The van der Waals surface area contributed by atoms with Crippen molar-refractivity contribution >= 4 is 34.2 Å². The van der Waals surface area contributed by atoms with Crippen molar-refractivity contribution in [2.45, 2.75) is 19.4 Å². The van der Waals surface area contributed by atoms with Crippen molar-refractivity contribution in [3.63, 3.8) is 0 Å². The first-order chi connectivity index (χ1) is 7.97. The second-order valence-electron chi connectivity index (χ2n) is 3.61. The smallest absolute Gasteiger partial charge is 0.264 e. The van der Waals surface area contributed by atoms with Crippen molar-refractivity contribution in [1.82, 2.24) is 15.6 Å². The van der Waals surface area contributed by atoms with Crippen LogP contribution >= 0.6 is 11.3 Å². The van der Waals surface area contributed by atoms with Crippen molar-refractivity contribution < 1.29 is 14.4 Å². The minimum absolute atomic E-state index is 0.0299. The summed E-state index contributed by atoms with van der Waals surface area (Å²) in [5.74, 6) is -1.31. The van der Waals surface area contributed by atoms with Gasteiger partial charge in [0.05, 0.1) is 12.1 Å². The SMILES string of the molecule is Cc1nc(N)sc1C(=O)NC1CC(=O)NC1=O. The highest BCUT2D eigenvalue weighted by Crippen LogP contribution is 2.19. The molecule has 90 valence electrons. The maximum Gasteiger partial charge on any atom is 0.264 e. The second-order valence-corrected chi connectivity index (χ2v) is 4.64. The average molecular weight is 254 g/mol. The Bertz CT molecular complexity index is 510. The summed E-state index contributed by atoms with van der Waals surface area (Å²) < 4.78 is 0. The summed E-state index contributed by atoms with van der Waals surface area (Å²) in [6.07, 6.45) is -0.0299. The van der Waals surface area contributed by atoms with Crippen LogP contribution in [-0.4, -0.2) is 28.7 Å². The molecular weight excluding hydrogens is 244 g/mol. The van der Waals surface area contributed by atoms with E-state index in [4.69, 9.17) is 5.73 Å². The van der Waals surface area contributed by atoms with E-state index in [-0.39, 0.29) is 12.3 Å². The summed E-state index contributed by atoms with van der Waals surface area (Å²) in [6, 6.07) is -0.808. The molecule has 3 amide bonds. The summed E-state index contributed by atoms with van der Waals surface area (Å²) >= 11 is 1.05.